The normalized spacial score (nSPS) is 17.8. The molecule has 2 N–H and O–H groups in total. The molecular formula is C15H20N4O2. The Kier molecular flexibility index (Phi) is 3.53. The number of aryl methyl sites for hydroxylation is 1. The molecule has 0 bridgehead atoms. The molecule has 6 nitrogen and oxygen atoms in total. The van der Waals surface area contributed by atoms with Crippen LogP contribution in [0, 0.1) is 12.3 Å². The Balaban J connectivity index is 1.84. The van der Waals surface area contributed by atoms with Crippen LogP contribution < -0.4 is 5.32 Å². The summed E-state index contributed by atoms with van der Waals surface area (Å²) in [5.74, 6) is 0.103. The van der Waals surface area contributed by atoms with Crippen molar-refractivity contribution in [3.05, 3.63) is 24.0 Å². The van der Waals surface area contributed by atoms with Crippen LogP contribution in [-0.2, 0) is 4.79 Å². The summed E-state index contributed by atoms with van der Waals surface area (Å²) in [5, 5.41) is 17.1. The molecule has 1 fully saturated rings. The highest BCUT2D eigenvalue weighted by molar-refractivity contribution is 5.75. The molecule has 3 rings (SSSR count). The number of anilines is 1. The van der Waals surface area contributed by atoms with Crippen LogP contribution in [0.1, 0.15) is 37.7 Å². The molecule has 0 aromatic carbocycles. The third-order valence-corrected chi connectivity index (χ3v) is 4.40. The highest BCUT2D eigenvalue weighted by atomic mass is 16.4. The van der Waals surface area contributed by atoms with Crippen molar-refractivity contribution in [1.82, 2.24) is 14.6 Å². The van der Waals surface area contributed by atoms with Crippen LogP contribution >= 0.6 is 0 Å². The number of nitrogens with one attached hydrogen (secondary N) is 1. The third kappa shape index (κ3) is 2.57. The summed E-state index contributed by atoms with van der Waals surface area (Å²) >= 11 is 0. The second-order valence-electron chi connectivity index (χ2n) is 5.95. The molecule has 21 heavy (non-hydrogen) atoms. The first-order valence-electron chi connectivity index (χ1n) is 7.38. The number of carboxylic acids is 1. The molecule has 2 aromatic rings. The topological polar surface area (TPSA) is 79.5 Å². The Morgan fingerprint density at radius 2 is 2.14 bits per heavy atom. The Bertz CT molecular complexity index is 659. The van der Waals surface area contributed by atoms with Crippen molar-refractivity contribution >= 4 is 17.4 Å². The molecule has 6 heteroatoms. The fourth-order valence-corrected chi connectivity index (χ4v) is 3.14. The van der Waals surface area contributed by atoms with Gasteiger partial charge in [-0.15, -0.1) is 0 Å². The van der Waals surface area contributed by atoms with Crippen molar-refractivity contribution in [2.24, 2.45) is 5.41 Å². The Morgan fingerprint density at radius 3 is 2.86 bits per heavy atom. The summed E-state index contributed by atoms with van der Waals surface area (Å²) in [6.45, 7) is 2.42. The van der Waals surface area contributed by atoms with Gasteiger partial charge in [-0.2, -0.15) is 9.61 Å². The fourth-order valence-electron chi connectivity index (χ4n) is 3.14. The van der Waals surface area contributed by atoms with Crippen molar-refractivity contribution in [3.63, 3.8) is 0 Å². The van der Waals surface area contributed by atoms with Gasteiger partial charge in [0, 0.05) is 6.54 Å². The van der Waals surface area contributed by atoms with Gasteiger partial charge in [0.25, 0.3) is 0 Å². The molecule has 0 radical (unpaired) electrons. The van der Waals surface area contributed by atoms with Gasteiger partial charge in [-0.1, -0.05) is 19.3 Å². The second kappa shape index (κ2) is 5.35. The van der Waals surface area contributed by atoms with Crippen LogP contribution in [-0.4, -0.2) is 32.2 Å². The van der Waals surface area contributed by atoms with Crippen molar-refractivity contribution < 1.29 is 9.90 Å². The molecule has 0 saturated heterocycles. The van der Waals surface area contributed by atoms with Gasteiger partial charge in [0.15, 0.2) is 5.65 Å². The smallest absolute Gasteiger partial charge is 0.311 e. The fraction of sp³-hybridized carbons (Fsp3) is 0.533. The number of hydrogen-bond acceptors (Lipinski definition) is 4. The van der Waals surface area contributed by atoms with E-state index in [1.807, 2.05) is 19.1 Å². The minimum absolute atomic E-state index is 0.431. The van der Waals surface area contributed by atoms with Gasteiger partial charge in [0.1, 0.15) is 12.1 Å². The summed E-state index contributed by atoms with van der Waals surface area (Å²) in [4.78, 5) is 15.9. The highest BCUT2D eigenvalue weighted by Gasteiger charge is 2.39. The van der Waals surface area contributed by atoms with E-state index >= 15 is 0 Å². The van der Waals surface area contributed by atoms with Crippen LogP contribution in [0.2, 0.25) is 0 Å². The van der Waals surface area contributed by atoms with Crippen molar-refractivity contribution in [3.8, 4) is 0 Å². The number of fused-ring (bicyclic) bond motifs is 1. The van der Waals surface area contributed by atoms with Crippen molar-refractivity contribution in [2.75, 3.05) is 11.9 Å². The first kappa shape index (κ1) is 13.9. The van der Waals surface area contributed by atoms with Gasteiger partial charge in [-0.05, 0) is 37.5 Å². The molecule has 0 unspecified atom stereocenters. The summed E-state index contributed by atoms with van der Waals surface area (Å²) in [6, 6.07) is 3.92. The minimum Gasteiger partial charge on any atom is -0.481 e. The summed E-state index contributed by atoms with van der Waals surface area (Å²) in [7, 11) is 0. The SMILES string of the molecule is Cc1cc(NCC2(C(=O)O)CCCCC2)n2ncnc2c1. The van der Waals surface area contributed by atoms with E-state index in [2.05, 4.69) is 15.4 Å². The van der Waals surface area contributed by atoms with E-state index in [0.29, 0.717) is 6.54 Å². The molecule has 0 atom stereocenters. The molecule has 2 heterocycles. The lowest BCUT2D eigenvalue weighted by atomic mass is 9.74. The number of aliphatic carboxylic acids is 1. The van der Waals surface area contributed by atoms with Crippen LogP contribution in [0.15, 0.2) is 18.5 Å². The van der Waals surface area contributed by atoms with E-state index in [1.54, 1.807) is 4.52 Å². The Morgan fingerprint density at radius 1 is 1.38 bits per heavy atom. The summed E-state index contributed by atoms with van der Waals surface area (Å²) in [5.41, 5.74) is 1.19. The Labute approximate surface area is 123 Å². The molecule has 2 aromatic heterocycles. The lowest BCUT2D eigenvalue weighted by molar-refractivity contribution is -0.150. The lowest BCUT2D eigenvalue weighted by Gasteiger charge is -2.33. The third-order valence-electron chi connectivity index (χ3n) is 4.40. The summed E-state index contributed by atoms with van der Waals surface area (Å²) < 4.78 is 1.71. The standard InChI is InChI=1S/C15H20N4O2/c1-11-7-12(19-13(8-11)17-10-18-19)16-9-15(14(20)21)5-3-2-4-6-15/h7-8,10,16H,2-6,9H2,1H3,(H,20,21). The number of carboxylic acid groups (broad SMARTS) is 1. The number of pyridine rings is 1. The molecule has 1 saturated carbocycles. The van der Waals surface area contributed by atoms with Gasteiger partial charge < -0.3 is 10.4 Å². The minimum atomic E-state index is -0.697. The van der Waals surface area contributed by atoms with Gasteiger partial charge in [-0.3, -0.25) is 4.79 Å². The van der Waals surface area contributed by atoms with Gasteiger partial charge in [-0.25, -0.2) is 4.98 Å². The van der Waals surface area contributed by atoms with Crippen LogP contribution in [0.3, 0.4) is 0 Å². The zero-order chi connectivity index (χ0) is 14.9. The van der Waals surface area contributed by atoms with Gasteiger partial charge in [0.2, 0.25) is 0 Å². The first-order chi connectivity index (χ1) is 10.1. The van der Waals surface area contributed by atoms with Gasteiger partial charge in [0.05, 0.1) is 5.41 Å². The molecule has 1 aliphatic carbocycles. The molecule has 112 valence electrons. The molecule has 0 aliphatic heterocycles. The van der Waals surface area contributed by atoms with E-state index in [1.165, 1.54) is 6.33 Å². The van der Waals surface area contributed by atoms with Crippen molar-refractivity contribution in [2.45, 2.75) is 39.0 Å². The van der Waals surface area contributed by atoms with Crippen LogP contribution in [0.4, 0.5) is 5.82 Å². The predicted molar refractivity (Wildman–Crippen MR) is 79.4 cm³/mol. The average Bonchev–Trinajstić information content (AvgIpc) is 2.93. The first-order valence-corrected chi connectivity index (χ1v) is 7.38. The molecule has 0 amide bonds. The van der Waals surface area contributed by atoms with Crippen LogP contribution in [0.5, 0.6) is 0 Å². The monoisotopic (exact) mass is 288 g/mol. The highest BCUT2D eigenvalue weighted by Crippen LogP contribution is 2.36. The lowest BCUT2D eigenvalue weighted by Crippen LogP contribution is -2.40. The maximum atomic E-state index is 11.7. The second-order valence-corrected chi connectivity index (χ2v) is 5.95. The maximum absolute atomic E-state index is 11.7. The van der Waals surface area contributed by atoms with E-state index in [0.717, 1.165) is 49.1 Å². The quantitative estimate of drug-likeness (QED) is 0.903. The predicted octanol–water partition coefficient (Wildman–Crippen LogP) is 2.48. The zero-order valence-electron chi connectivity index (χ0n) is 12.2. The Hall–Kier alpha value is -2.11. The zero-order valence-corrected chi connectivity index (χ0v) is 12.2. The van der Waals surface area contributed by atoms with E-state index in [9.17, 15) is 9.90 Å². The number of nitrogens with zero attached hydrogens (tertiary/aromatic N) is 3. The maximum Gasteiger partial charge on any atom is 0.311 e. The summed E-state index contributed by atoms with van der Waals surface area (Å²) in [6.07, 6.45) is 6.09. The van der Waals surface area contributed by atoms with E-state index in [4.69, 9.17) is 0 Å². The number of hydrogen-bond donors (Lipinski definition) is 2. The number of carbonyl (C=O) groups is 1. The number of aromatic nitrogens is 3. The van der Waals surface area contributed by atoms with Crippen molar-refractivity contribution in [1.29, 1.82) is 0 Å². The van der Waals surface area contributed by atoms with E-state index in [-0.39, 0.29) is 0 Å². The molecular weight excluding hydrogens is 268 g/mol. The molecule has 1 aliphatic rings. The average molecular weight is 288 g/mol. The number of rotatable bonds is 4. The van der Waals surface area contributed by atoms with E-state index < -0.39 is 11.4 Å². The van der Waals surface area contributed by atoms with Gasteiger partial charge >= 0.3 is 5.97 Å². The molecule has 0 spiro atoms. The van der Waals surface area contributed by atoms with Crippen LogP contribution in [0.25, 0.3) is 5.65 Å². The largest absolute Gasteiger partial charge is 0.481 e.